The molecule has 0 aromatic heterocycles. The van der Waals surface area contributed by atoms with Crippen molar-refractivity contribution in [3.05, 3.63) is 12.3 Å². The van der Waals surface area contributed by atoms with Gasteiger partial charge in [-0.25, -0.2) is 0 Å². The van der Waals surface area contributed by atoms with Crippen LogP contribution in [-0.4, -0.2) is 42.5 Å². The molecule has 1 fully saturated rings. The predicted molar refractivity (Wildman–Crippen MR) is 66.4 cm³/mol. The van der Waals surface area contributed by atoms with Gasteiger partial charge in [0.1, 0.15) is 12.7 Å². The zero-order valence-corrected chi connectivity index (χ0v) is 11.3. The van der Waals surface area contributed by atoms with Gasteiger partial charge in [-0.05, 0) is 0 Å². The SMILES string of the molecule is C=C(O)CCC(=O)OCC1OCC(OC(C)=O)C1C. The molecule has 0 spiro atoms. The molecule has 0 aromatic rings. The fourth-order valence-corrected chi connectivity index (χ4v) is 1.81. The molecule has 108 valence electrons. The Balaban J connectivity index is 2.28. The van der Waals surface area contributed by atoms with Crippen LogP contribution in [0.25, 0.3) is 0 Å². The van der Waals surface area contributed by atoms with Crippen LogP contribution in [0.1, 0.15) is 26.7 Å². The Morgan fingerprint density at radius 3 is 2.68 bits per heavy atom. The van der Waals surface area contributed by atoms with Gasteiger partial charge in [0.2, 0.25) is 0 Å². The number of carbonyl (C=O) groups is 2. The number of aliphatic hydroxyl groups excluding tert-OH is 1. The minimum absolute atomic E-state index is 0.0236. The van der Waals surface area contributed by atoms with Gasteiger partial charge in [0.05, 0.1) is 24.9 Å². The van der Waals surface area contributed by atoms with E-state index in [9.17, 15) is 9.59 Å². The Morgan fingerprint density at radius 1 is 1.42 bits per heavy atom. The summed E-state index contributed by atoms with van der Waals surface area (Å²) in [5.74, 6) is -0.830. The molecule has 6 heteroatoms. The van der Waals surface area contributed by atoms with Gasteiger partial charge in [0, 0.05) is 19.3 Å². The second-order valence-electron chi connectivity index (χ2n) is 4.63. The maximum absolute atomic E-state index is 11.4. The van der Waals surface area contributed by atoms with Crippen LogP contribution in [0.2, 0.25) is 0 Å². The standard InChI is InChI=1S/C13H20O6/c1-8(14)4-5-13(16)18-6-11-9(2)12(7-17-11)19-10(3)15/h9,11-12,14H,1,4-7H2,2-3H3. The number of hydrogen-bond acceptors (Lipinski definition) is 6. The lowest BCUT2D eigenvalue weighted by molar-refractivity contribution is -0.149. The molecule has 1 aliphatic rings. The van der Waals surface area contributed by atoms with E-state index in [4.69, 9.17) is 19.3 Å². The molecule has 0 aliphatic carbocycles. The summed E-state index contributed by atoms with van der Waals surface area (Å²) in [6.45, 7) is 6.96. The van der Waals surface area contributed by atoms with Crippen molar-refractivity contribution in [2.45, 2.75) is 38.9 Å². The third-order valence-electron chi connectivity index (χ3n) is 2.99. The molecule has 0 aromatic carbocycles. The van der Waals surface area contributed by atoms with Crippen LogP contribution < -0.4 is 0 Å². The Labute approximate surface area is 112 Å². The average Bonchev–Trinajstić information content (AvgIpc) is 2.65. The second kappa shape index (κ2) is 7.13. The normalized spacial score (nSPS) is 25.9. The first kappa shape index (κ1) is 15.5. The molecule has 3 atom stereocenters. The summed E-state index contributed by atoms with van der Waals surface area (Å²) in [6, 6.07) is 0. The summed E-state index contributed by atoms with van der Waals surface area (Å²) in [6.07, 6.45) is -0.288. The van der Waals surface area contributed by atoms with E-state index in [2.05, 4.69) is 6.58 Å². The Morgan fingerprint density at radius 2 is 2.11 bits per heavy atom. The Bertz CT molecular complexity index is 351. The van der Waals surface area contributed by atoms with E-state index in [0.29, 0.717) is 6.61 Å². The lowest BCUT2D eigenvalue weighted by Gasteiger charge is -2.18. The van der Waals surface area contributed by atoms with E-state index >= 15 is 0 Å². The Kier molecular flexibility index (Phi) is 5.82. The topological polar surface area (TPSA) is 82.1 Å². The summed E-state index contributed by atoms with van der Waals surface area (Å²) >= 11 is 0. The van der Waals surface area contributed by atoms with Crippen LogP contribution in [0, 0.1) is 5.92 Å². The van der Waals surface area contributed by atoms with E-state index in [0.717, 1.165) is 0 Å². The summed E-state index contributed by atoms with van der Waals surface area (Å²) in [5, 5.41) is 8.87. The zero-order valence-electron chi connectivity index (χ0n) is 11.3. The van der Waals surface area contributed by atoms with Crippen LogP contribution in [0.5, 0.6) is 0 Å². The molecule has 1 rings (SSSR count). The van der Waals surface area contributed by atoms with Crippen LogP contribution in [0.4, 0.5) is 0 Å². The van der Waals surface area contributed by atoms with Gasteiger partial charge in [0.15, 0.2) is 0 Å². The number of hydrogen-bond donors (Lipinski definition) is 1. The van der Waals surface area contributed by atoms with E-state index < -0.39 is 5.97 Å². The van der Waals surface area contributed by atoms with Crippen LogP contribution in [0.15, 0.2) is 12.3 Å². The summed E-state index contributed by atoms with van der Waals surface area (Å²) in [4.78, 5) is 22.2. The number of esters is 2. The molecule has 19 heavy (non-hydrogen) atoms. The first-order chi connectivity index (χ1) is 8.90. The molecule has 1 N–H and O–H groups in total. The van der Waals surface area contributed by atoms with Crippen molar-refractivity contribution in [2.75, 3.05) is 13.2 Å². The highest BCUT2D eigenvalue weighted by molar-refractivity contribution is 5.69. The van der Waals surface area contributed by atoms with Crippen molar-refractivity contribution >= 4 is 11.9 Å². The molecular formula is C13H20O6. The lowest BCUT2D eigenvalue weighted by atomic mass is 10.0. The molecule has 3 unspecified atom stereocenters. The molecule has 6 nitrogen and oxygen atoms in total. The van der Waals surface area contributed by atoms with Gasteiger partial charge in [-0.1, -0.05) is 13.5 Å². The summed E-state index contributed by atoms with van der Waals surface area (Å²) < 4.78 is 15.6. The van der Waals surface area contributed by atoms with Gasteiger partial charge in [-0.15, -0.1) is 0 Å². The number of allylic oxidation sites excluding steroid dienone is 1. The largest absolute Gasteiger partial charge is 0.513 e. The van der Waals surface area contributed by atoms with Crippen molar-refractivity contribution in [3.8, 4) is 0 Å². The third kappa shape index (κ3) is 5.30. The average molecular weight is 272 g/mol. The number of carbonyl (C=O) groups excluding carboxylic acids is 2. The van der Waals surface area contributed by atoms with Crippen LogP contribution in [-0.2, 0) is 23.8 Å². The summed E-state index contributed by atoms with van der Waals surface area (Å²) in [7, 11) is 0. The lowest BCUT2D eigenvalue weighted by Crippen LogP contribution is -2.29. The van der Waals surface area contributed by atoms with Crippen molar-refractivity contribution in [3.63, 3.8) is 0 Å². The highest BCUT2D eigenvalue weighted by Gasteiger charge is 2.36. The second-order valence-corrected chi connectivity index (χ2v) is 4.63. The summed E-state index contributed by atoms with van der Waals surface area (Å²) in [5.41, 5.74) is 0. The quantitative estimate of drug-likeness (QED) is 0.580. The first-order valence-corrected chi connectivity index (χ1v) is 6.21. The maximum atomic E-state index is 11.4. The van der Waals surface area contributed by atoms with Crippen molar-refractivity contribution in [1.29, 1.82) is 0 Å². The van der Waals surface area contributed by atoms with E-state index in [-0.39, 0.29) is 49.3 Å². The van der Waals surface area contributed by atoms with Crippen LogP contribution >= 0.6 is 0 Å². The molecule has 0 bridgehead atoms. The smallest absolute Gasteiger partial charge is 0.306 e. The minimum atomic E-state index is -0.415. The number of aliphatic hydroxyl groups is 1. The third-order valence-corrected chi connectivity index (χ3v) is 2.99. The molecule has 0 amide bonds. The molecule has 1 aliphatic heterocycles. The first-order valence-electron chi connectivity index (χ1n) is 6.21. The predicted octanol–water partition coefficient (Wildman–Crippen LogP) is 1.35. The highest BCUT2D eigenvalue weighted by Crippen LogP contribution is 2.24. The van der Waals surface area contributed by atoms with Gasteiger partial charge in [-0.2, -0.15) is 0 Å². The van der Waals surface area contributed by atoms with E-state index in [1.54, 1.807) is 0 Å². The van der Waals surface area contributed by atoms with Crippen molar-refractivity contribution in [1.82, 2.24) is 0 Å². The molecule has 1 saturated heterocycles. The van der Waals surface area contributed by atoms with Crippen molar-refractivity contribution in [2.24, 2.45) is 5.92 Å². The van der Waals surface area contributed by atoms with Gasteiger partial charge in [0.25, 0.3) is 0 Å². The highest BCUT2D eigenvalue weighted by atomic mass is 16.6. The zero-order chi connectivity index (χ0) is 14.4. The van der Waals surface area contributed by atoms with Gasteiger partial charge >= 0.3 is 11.9 Å². The molecular weight excluding hydrogens is 252 g/mol. The molecule has 1 heterocycles. The van der Waals surface area contributed by atoms with Gasteiger partial charge < -0.3 is 19.3 Å². The number of ether oxygens (including phenoxy) is 3. The molecule has 0 radical (unpaired) electrons. The fraction of sp³-hybridized carbons (Fsp3) is 0.692. The number of rotatable bonds is 6. The fourth-order valence-electron chi connectivity index (χ4n) is 1.81. The molecule has 0 saturated carbocycles. The van der Waals surface area contributed by atoms with E-state index in [1.807, 2.05) is 6.92 Å². The Hall–Kier alpha value is -1.56. The van der Waals surface area contributed by atoms with E-state index in [1.165, 1.54) is 6.92 Å². The van der Waals surface area contributed by atoms with Crippen LogP contribution in [0.3, 0.4) is 0 Å². The monoisotopic (exact) mass is 272 g/mol. The van der Waals surface area contributed by atoms with Crippen molar-refractivity contribution < 1.29 is 28.9 Å². The minimum Gasteiger partial charge on any atom is -0.513 e. The van der Waals surface area contributed by atoms with Gasteiger partial charge in [-0.3, -0.25) is 9.59 Å². The maximum Gasteiger partial charge on any atom is 0.306 e.